The van der Waals surface area contributed by atoms with Crippen molar-refractivity contribution >= 4 is 5.91 Å². The van der Waals surface area contributed by atoms with Crippen LogP contribution in [0.25, 0.3) is 0 Å². The maximum absolute atomic E-state index is 13.2. The lowest BCUT2D eigenvalue weighted by Gasteiger charge is -2.32. The number of amides is 1. The predicted molar refractivity (Wildman–Crippen MR) is 122 cm³/mol. The molecule has 4 nitrogen and oxygen atoms in total. The molecule has 5 rings (SSSR count). The highest BCUT2D eigenvalue weighted by Crippen LogP contribution is 2.29. The summed E-state index contributed by atoms with van der Waals surface area (Å²) in [6, 6.07) is 21.2. The van der Waals surface area contributed by atoms with Crippen LogP contribution >= 0.6 is 0 Å². The molecular formula is C27H27FN2O2. The van der Waals surface area contributed by atoms with Gasteiger partial charge in [0, 0.05) is 24.2 Å². The van der Waals surface area contributed by atoms with E-state index in [0.717, 1.165) is 49.4 Å². The Morgan fingerprint density at radius 3 is 2.41 bits per heavy atom. The van der Waals surface area contributed by atoms with Gasteiger partial charge in [0.15, 0.2) is 0 Å². The van der Waals surface area contributed by atoms with Crippen LogP contribution in [-0.2, 0) is 19.7 Å². The molecule has 3 aromatic carbocycles. The third-order valence-electron chi connectivity index (χ3n) is 6.56. The van der Waals surface area contributed by atoms with Gasteiger partial charge in [0.05, 0.1) is 0 Å². The summed E-state index contributed by atoms with van der Waals surface area (Å²) in [4.78, 5) is 14.3. The van der Waals surface area contributed by atoms with Crippen LogP contribution in [0.1, 0.15) is 51.4 Å². The molecule has 3 aromatic rings. The third-order valence-corrected chi connectivity index (χ3v) is 6.56. The molecule has 0 spiro atoms. The summed E-state index contributed by atoms with van der Waals surface area (Å²) >= 11 is 0. The van der Waals surface area contributed by atoms with Gasteiger partial charge in [0.1, 0.15) is 18.2 Å². The molecule has 0 saturated carbocycles. The molecule has 1 amide bonds. The van der Waals surface area contributed by atoms with Gasteiger partial charge in [-0.15, -0.1) is 0 Å². The van der Waals surface area contributed by atoms with Crippen molar-refractivity contribution in [2.45, 2.75) is 38.5 Å². The number of nitrogens with zero attached hydrogens (tertiary/aromatic N) is 1. The Kier molecular flexibility index (Phi) is 5.91. The molecule has 0 radical (unpaired) electrons. The lowest BCUT2D eigenvalue weighted by atomic mass is 9.89. The van der Waals surface area contributed by atoms with Gasteiger partial charge in [-0.3, -0.25) is 9.69 Å². The third kappa shape index (κ3) is 4.53. The lowest BCUT2D eigenvalue weighted by Crippen LogP contribution is -2.32. The number of likely N-dealkylation sites (tertiary alicyclic amines) is 1. The molecule has 0 atom stereocenters. The molecular weight excluding hydrogens is 403 g/mol. The van der Waals surface area contributed by atoms with E-state index in [9.17, 15) is 9.18 Å². The van der Waals surface area contributed by atoms with Gasteiger partial charge in [0.25, 0.3) is 5.91 Å². The highest BCUT2D eigenvalue weighted by atomic mass is 19.1. The normalized spacial score (nSPS) is 16.6. The maximum atomic E-state index is 13.2. The van der Waals surface area contributed by atoms with E-state index < -0.39 is 0 Å². The minimum atomic E-state index is -0.167. The van der Waals surface area contributed by atoms with E-state index in [2.05, 4.69) is 34.5 Å². The molecule has 1 fully saturated rings. The second-order valence-electron chi connectivity index (χ2n) is 8.67. The van der Waals surface area contributed by atoms with E-state index in [-0.39, 0.29) is 11.7 Å². The average molecular weight is 431 g/mol. The topological polar surface area (TPSA) is 41.6 Å². The Balaban J connectivity index is 1.13. The van der Waals surface area contributed by atoms with Crippen LogP contribution in [0.15, 0.2) is 66.7 Å². The van der Waals surface area contributed by atoms with Crippen molar-refractivity contribution in [1.29, 1.82) is 0 Å². The number of ether oxygens (including phenoxy) is 1. The summed E-state index contributed by atoms with van der Waals surface area (Å²) in [6.45, 7) is 4.06. The maximum Gasteiger partial charge on any atom is 0.252 e. The van der Waals surface area contributed by atoms with Gasteiger partial charge >= 0.3 is 0 Å². The van der Waals surface area contributed by atoms with Crippen molar-refractivity contribution < 1.29 is 13.9 Å². The van der Waals surface area contributed by atoms with Crippen molar-refractivity contribution in [3.05, 3.63) is 100 Å². The summed E-state index contributed by atoms with van der Waals surface area (Å²) in [5.41, 5.74) is 5.31. The first-order chi connectivity index (χ1) is 15.7. The number of piperidine rings is 1. The fraction of sp³-hybridized carbons (Fsp3) is 0.296. The highest BCUT2D eigenvalue weighted by molar-refractivity contribution is 5.99. The summed E-state index contributed by atoms with van der Waals surface area (Å²) in [5.74, 6) is 1.10. The SMILES string of the molecule is O=C1NCc2c(OCc3ccc(CN4CCC(c5ccc(F)cc5)CC4)cc3)cccc21. The molecule has 0 aromatic heterocycles. The van der Waals surface area contributed by atoms with Gasteiger partial charge in [-0.25, -0.2) is 4.39 Å². The van der Waals surface area contributed by atoms with Gasteiger partial charge in [-0.2, -0.15) is 0 Å². The van der Waals surface area contributed by atoms with Gasteiger partial charge in [-0.1, -0.05) is 42.5 Å². The van der Waals surface area contributed by atoms with Crippen molar-refractivity contribution in [3.8, 4) is 5.75 Å². The first-order valence-corrected chi connectivity index (χ1v) is 11.2. The summed E-state index contributed by atoms with van der Waals surface area (Å²) < 4.78 is 19.2. The summed E-state index contributed by atoms with van der Waals surface area (Å²) in [5, 5.41) is 2.85. The molecule has 2 heterocycles. The quantitative estimate of drug-likeness (QED) is 0.597. The Hall–Kier alpha value is -3.18. The number of hydrogen-bond donors (Lipinski definition) is 1. The largest absolute Gasteiger partial charge is 0.489 e. The van der Waals surface area contributed by atoms with Crippen LogP contribution in [0.2, 0.25) is 0 Å². The molecule has 2 aliphatic rings. The second kappa shape index (κ2) is 9.13. The molecule has 5 heteroatoms. The lowest BCUT2D eigenvalue weighted by molar-refractivity contribution is 0.0965. The van der Waals surface area contributed by atoms with E-state index in [1.54, 1.807) is 12.1 Å². The zero-order chi connectivity index (χ0) is 21.9. The molecule has 164 valence electrons. The van der Waals surface area contributed by atoms with Crippen molar-refractivity contribution in [1.82, 2.24) is 10.2 Å². The molecule has 0 unspecified atom stereocenters. The Morgan fingerprint density at radius 1 is 0.938 bits per heavy atom. The van der Waals surface area contributed by atoms with E-state index >= 15 is 0 Å². The number of nitrogens with one attached hydrogen (secondary N) is 1. The van der Waals surface area contributed by atoms with Crippen LogP contribution in [-0.4, -0.2) is 23.9 Å². The number of rotatable bonds is 6. The van der Waals surface area contributed by atoms with Crippen LogP contribution in [0.5, 0.6) is 5.75 Å². The first-order valence-electron chi connectivity index (χ1n) is 11.2. The average Bonchev–Trinajstić information content (AvgIpc) is 3.21. The van der Waals surface area contributed by atoms with E-state index in [1.807, 2.05) is 30.3 Å². The van der Waals surface area contributed by atoms with Crippen LogP contribution in [0, 0.1) is 5.82 Å². The number of fused-ring (bicyclic) bond motifs is 1. The molecule has 2 aliphatic heterocycles. The zero-order valence-corrected chi connectivity index (χ0v) is 18.0. The van der Waals surface area contributed by atoms with E-state index in [1.165, 1.54) is 11.1 Å². The number of halogens is 1. The first kappa shape index (κ1) is 20.7. The highest BCUT2D eigenvalue weighted by Gasteiger charge is 2.22. The molecule has 32 heavy (non-hydrogen) atoms. The summed E-state index contributed by atoms with van der Waals surface area (Å²) in [6.07, 6.45) is 2.21. The standard InChI is InChI=1S/C27H27FN2O2/c28-23-10-8-21(9-11-23)22-12-14-30(15-13-22)17-19-4-6-20(7-5-19)18-32-26-3-1-2-24-25(26)16-29-27(24)31/h1-11,22H,12-18H2,(H,29,31). The molecule has 1 saturated heterocycles. The van der Waals surface area contributed by atoms with Crippen molar-refractivity contribution in [2.75, 3.05) is 13.1 Å². The van der Waals surface area contributed by atoms with Crippen molar-refractivity contribution in [3.63, 3.8) is 0 Å². The van der Waals surface area contributed by atoms with Crippen LogP contribution < -0.4 is 10.1 Å². The number of hydrogen-bond acceptors (Lipinski definition) is 3. The van der Waals surface area contributed by atoms with Crippen LogP contribution in [0.3, 0.4) is 0 Å². The molecule has 0 bridgehead atoms. The molecule has 1 N–H and O–H groups in total. The monoisotopic (exact) mass is 430 g/mol. The van der Waals surface area contributed by atoms with Gasteiger partial charge < -0.3 is 10.1 Å². The minimum Gasteiger partial charge on any atom is -0.489 e. The van der Waals surface area contributed by atoms with E-state index in [4.69, 9.17) is 4.74 Å². The number of carbonyl (C=O) groups excluding carboxylic acids is 1. The fourth-order valence-corrected chi connectivity index (χ4v) is 4.68. The fourth-order valence-electron chi connectivity index (χ4n) is 4.68. The smallest absolute Gasteiger partial charge is 0.252 e. The van der Waals surface area contributed by atoms with Gasteiger partial charge in [-0.05, 0) is 72.8 Å². The zero-order valence-electron chi connectivity index (χ0n) is 18.0. The summed E-state index contributed by atoms with van der Waals surface area (Å²) in [7, 11) is 0. The number of benzene rings is 3. The Bertz CT molecular complexity index is 1090. The van der Waals surface area contributed by atoms with Gasteiger partial charge in [0.2, 0.25) is 0 Å². The molecule has 0 aliphatic carbocycles. The predicted octanol–water partition coefficient (Wildman–Crippen LogP) is 5.03. The minimum absolute atomic E-state index is 0.0310. The Labute approximate surface area is 188 Å². The Morgan fingerprint density at radius 2 is 1.66 bits per heavy atom. The van der Waals surface area contributed by atoms with Crippen LogP contribution in [0.4, 0.5) is 4.39 Å². The second-order valence-corrected chi connectivity index (χ2v) is 8.67. The van der Waals surface area contributed by atoms with E-state index in [0.29, 0.717) is 24.6 Å². The van der Waals surface area contributed by atoms with Crippen molar-refractivity contribution in [2.24, 2.45) is 0 Å². The number of carbonyl (C=O) groups is 1.